The summed E-state index contributed by atoms with van der Waals surface area (Å²) in [6.07, 6.45) is 6.09. The fraction of sp³-hybridized carbons (Fsp3) is 0.550. The highest BCUT2D eigenvalue weighted by Gasteiger charge is 2.39. The first-order valence-electron chi connectivity index (χ1n) is 9.29. The van der Waals surface area contributed by atoms with Gasteiger partial charge in [0.2, 0.25) is 0 Å². The summed E-state index contributed by atoms with van der Waals surface area (Å²) in [5.41, 5.74) is 7.03. The number of amides is 1. The average Bonchev–Trinajstić information content (AvgIpc) is 2.64. The van der Waals surface area contributed by atoms with Gasteiger partial charge < -0.3 is 15.4 Å². The van der Waals surface area contributed by atoms with E-state index >= 15 is 0 Å². The highest BCUT2D eigenvalue weighted by molar-refractivity contribution is 5.98. The standard InChI is InChI=1S/C20H27N3O3/c1-14(24)26-17-6-8-20(9-7-17)10-12-23(13-11-20)19(25)16-4-2-15(3-5-16)18(21)22/h2-5,17H,6-13H2,1H3,(H3,21,22). The number of nitrogens with zero attached hydrogens (tertiary/aromatic N) is 1. The summed E-state index contributed by atoms with van der Waals surface area (Å²) in [6, 6.07) is 6.93. The summed E-state index contributed by atoms with van der Waals surface area (Å²) >= 11 is 0. The summed E-state index contributed by atoms with van der Waals surface area (Å²) < 4.78 is 5.34. The molecule has 1 spiro atoms. The Morgan fingerprint density at radius 2 is 1.62 bits per heavy atom. The molecule has 1 aliphatic carbocycles. The molecule has 1 aliphatic heterocycles. The van der Waals surface area contributed by atoms with E-state index in [0.29, 0.717) is 16.5 Å². The summed E-state index contributed by atoms with van der Waals surface area (Å²) in [5.74, 6) is -0.140. The molecular weight excluding hydrogens is 330 g/mol. The molecule has 1 heterocycles. The molecule has 0 bridgehead atoms. The number of rotatable bonds is 3. The minimum Gasteiger partial charge on any atom is -0.463 e. The lowest BCUT2D eigenvalue weighted by Gasteiger charge is -2.45. The van der Waals surface area contributed by atoms with Crippen LogP contribution >= 0.6 is 0 Å². The van der Waals surface area contributed by atoms with Crippen LogP contribution in [0.15, 0.2) is 24.3 Å². The van der Waals surface area contributed by atoms with Crippen LogP contribution in [0, 0.1) is 10.8 Å². The number of likely N-dealkylation sites (tertiary alicyclic amines) is 1. The molecule has 1 aromatic carbocycles. The van der Waals surface area contributed by atoms with Crippen LogP contribution in [0.25, 0.3) is 0 Å². The van der Waals surface area contributed by atoms with Crippen molar-refractivity contribution in [2.45, 2.75) is 51.6 Å². The van der Waals surface area contributed by atoms with Crippen molar-refractivity contribution in [1.82, 2.24) is 4.90 Å². The Kier molecular flexibility index (Phi) is 5.30. The Hall–Kier alpha value is -2.37. The fourth-order valence-electron chi connectivity index (χ4n) is 4.22. The van der Waals surface area contributed by atoms with Crippen molar-refractivity contribution in [1.29, 1.82) is 5.41 Å². The van der Waals surface area contributed by atoms with Crippen LogP contribution in [0.3, 0.4) is 0 Å². The van der Waals surface area contributed by atoms with Crippen LogP contribution in [0.4, 0.5) is 0 Å². The van der Waals surface area contributed by atoms with E-state index in [0.717, 1.165) is 51.6 Å². The smallest absolute Gasteiger partial charge is 0.302 e. The number of carbonyl (C=O) groups is 2. The van der Waals surface area contributed by atoms with Crippen LogP contribution in [0.5, 0.6) is 0 Å². The van der Waals surface area contributed by atoms with Crippen molar-refractivity contribution >= 4 is 17.7 Å². The zero-order chi connectivity index (χ0) is 18.7. The average molecular weight is 357 g/mol. The lowest BCUT2D eigenvalue weighted by Crippen LogP contribution is -2.45. The van der Waals surface area contributed by atoms with E-state index in [1.165, 1.54) is 6.92 Å². The molecule has 0 radical (unpaired) electrons. The van der Waals surface area contributed by atoms with E-state index in [-0.39, 0.29) is 23.8 Å². The quantitative estimate of drug-likeness (QED) is 0.494. The van der Waals surface area contributed by atoms with Crippen molar-refractivity contribution in [3.63, 3.8) is 0 Å². The molecule has 3 rings (SSSR count). The molecule has 140 valence electrons. The molecular formula is C20H27N3O3. The van der Waals surface area contributed by atoms with Gasteiger partial charge in [-0.15, -0.1) is 0 Å². The fourth-order valence-corrected chi connectivity index (χ4v) is 4.22. The van der Waals surface area contributed by atoms with Crippen molar-refractivity contribution in [2.75, 3.05) is 13.1 Å². The lowest BCUT2D eigenvalue weighted by atomic mass is 9.67. The van der Waals surface area contributed by atoms with Crippen molar-refractivity contribution < 1.29 is 14.3 Å². The van der Waals surface area contributed by atoms with E-state index in [9.17, 15) is 9.59 Å². The topological polar surface area (TPSA) is 96.5 Å². The van der Waals surface area contributed by atoms with E-state index in [2.05, 4.69) is 0 Å². The number of nitrogens with two attached hydrogens (primary N) is 1. The third kappa shape index (κ3) is 4.06. The molecule has 3 N–H and O–H groups in total. The number of carbonyl (C=O) groups excluding carboxylic acids is 2. The van der Waals surface area contributed by atoms with E-state index in [1.54, 1.807) is 24.3 Å². The van der Waals surface area contributed by atoms with Gasteiger partial charge in [0.15, 0.2) is 0 Å². The molecule has 1 saturated heterocycles. The Balaban J connectivity index is 1.54. The zero-order valence-corrected chi connectivity index (χ0v) is 15.3. The SMILES string of the molecule is CC(=O)OC1CCC2(CC1)CCN(C(=O)c1ccc(C(=N)N)cc1)CC2. The third-order valence-corrected chi connectivity index (χ3v) is 5.88. The normalized spacial score (nSPS) is 20.0. The first-order valence-corrected chi connectivity index (χ1v) is 9.29. The predicted molar refractivity (Wildman–Crippen MR) is 99.1 cm³/mol. The van der Waals surface area contributed by atoms with Crippen molar-refractivity contribution in [2.24, 2.45) is 11.1 Å². The number of amidine groups is 1. The van der Waals surface area contributed by atoms with Gasteiger partial charge in [-0.1, -0.05) is 12.1 Å². The molecule has 0 aromatic heterocycles. The van der Waals surface area contributed by atoms with Gasteiger partial charge in [-0.25, -0.2) is 0 Å². The molecule has 26 heavy (non-hydrogen) atoms. The number of nitrogen functional groups attached to an aromatic ring is 1. The predicted octanol–water partition coefficient (Wildman–Crippen LogP) is 2.70. The summed E-state index contributed by atoms with van der Waals surface area (Å²) in [5, 5.41) is 7.43. The Bertz CT molecular complexity index is 681. The largest absolute Gasteiger partial charge is 0.463 e. The van der Waals surface area contributed by atoms with Crippen LogP contribution in [0.1, 0.15) is 61.4 Å². The molecule has 0 atom stereocenters. The van der Waals surface area contributed by atoms with Gasteiger partial charge in [0.25, 0.3) is 5.91 Å². The Labute approximate surface area is 154 Å². The number of benzene rings is 1. The molecule has 1 aromatic rings. The van der Waals surface area contributed by atoms with Crippen LogP contribution in [-0.4, -0.2) is 41.8 Å². The van der Waals surface area contributed by atoms with Crippen LogP contribution in [-0.2, 0) is 9.53 Å². The third-order valence-electron chi connectivity index (χ3n) is 5.88. The van der Waals surface area contributed by atoms with Crippen molar-refractivity contribution in [3.8, 4) is 0 Å². The summed E-state index contributed by atoms with van der Waals surface area (Å²) in [7, 11) is 0. The Morgan fingerprint density at radius 3 is 2.12 bits per heavy atom. The first kappa shape index (κ1) is 18.4. The number of ether oxygens (including phenoxy) is 1. The van der Waals surface area contributed by atoms with Crippen LogP contribution < -0.4 is 5.73 Å². The number of nitrogens with one attached hydrogen (secondary N) is 1. The maximum Gasteiger partial charge on any atom is 0.302 e. The highest BCUT2D eigenvalue weighted by Crippen LogP contribution is 2.45. The van der Waals surface area contributed by atoms with E-state index in [4.69, 9.17) is 15.9 Å². The second-order valence-electron chi connectivity index (χ2n) is 7.59. The molecule has 2 fully saturated rings. The maximum atomic E-state index is 12.7. The van der Waals surface area contributed by atoms with Gasteiger partial charge in [-0.05, 0) is 56.1 Å². The first-order chi connectivity index (χ1) is 12.4. The zero-order valence-electron chi connectivity index (χ0n) is 15.3. The molecule has 6 heteroatoms. The second kappa shape index (κ2) is 7.48. The highest BCUT2D eigenvalue weighted by atomic mass is 16.5. The van der Waals surface area contributed by atoms with Gasteiger partial charge in [-0.2, -0.15) is 0 Å². The molecule has 2 aliphatic rings. The molecule has 1 saturated carbocycles. The molecule has 0 unspecified atom stereocenters. The van der Waals surface area contributed by atoms with Gasteiger partial charge >= 0.3 is 5.97 Å². The van der Waals surface area contributed by atoms with Gasteiger partial charge in [-0.3, -0.25) is 15.0 Å². The molecule has 1 amide bonds. The minimum absolute atomic E-state index is 0.00766. The lowest BCUT2D eigenvalue weighted by molar-refractivity contribution is -0.149. The van der Waals surface area contributed by atoms with Gasteiger partial charge in [0.1, 0.15) is 11.9 Å². The van der Waals surface area contributed by atoms with Gasteiger partial charge in [0, 0.05) is 31.1 Å². The van der Waals surface area contributed by atoms with E-state index in [1.807, 2.05) is 4.90 Å². The number of esters is 1. The summed E-state index contributed by atoms with van der Waals surface area (Å²) in [6.45, 7) is 3.01. The summed E-state index contributed by atoms with van der Waals surface area (Å²) in [4.78, 5) is 25.7. The van der Waals surface area contributed by atoms with Gasteiger partial charge in [0.05, 0.1) is 0 Å². The van der Waals surface area contributed by atoms with Crippen molar-refractivity contribution in [3.05, 3.63) is 35.4 Å². The monoisotopic (exact) mass is 357 g/mol. The number of piperidine rings is 1. The molecule has 6 nitrogen and oxygen atoms in total. The maximum absolute atomic E-state index is 12.7. The number of hydrogen-bond donors (Lipinski definition) is 2. The Morgan fingerprint density at radius 1 is 1.08 bits per heavy atom. The minimum atomic E-state index is -0.192. The van der Waals surface area contributed by atoms with Crippen LogP contribution in [0.2, 0.25) is 0 Å². The second-order valence-corrected chi connectivity index (χ2v) is 7.59. The van der Waals surface area contributed by atoms with E-state index < -0.39 is 0 Å². The number of hydrogen-bond acceptors (Lipinski definition) is 4.